The Morgan fingerprint density at radius 1 is 1.42 bits per heavy atom. The monoisotopic (exact) mass is 263 g/mol. The number of rotatable bonds is 4. The summed E-state index contributed by atoms with van der Waals surface area (Å²) < 4.78 is 18.7. The molecule has 0 fully saturated rings. The van der Waals surface area contributed by atoms with Crippen LogP contribution in [0.1, 0.15) is 27.4 Å². The predicted octanol–water partition coefficient (Wildman–Crippen LogP) is 3.35. The van der Waals surface area contributed by atoms with Gasteiger partial charge >= 0.3 is 5.97 Å². The summed E-state index contributed by atoms with van der Waals surface area (Å²) >= 11 is 0. The van der Waals surface area contributed by atoms with E-state index in [4.69, 9.17) is 9.52 Å². The van der Waals surface area contributed by atoms with E-state index >= 15 is 0 Å². The van der Waals surface area contributed by atoms with Crippen LogP contribution in [-0.4, -0.2) is 11.1 Å². The Labute approximate surface area is 109 Å². The standard InChI is InChI=1S/C14H14FNO3/c1-8-12(15)4-3-5-13(8)16-7-10-6-11(14(17)18)9(2)19-10/h3-6,16H,7H2,1-2H3,(H,17,18). The summed E-state index contributed by atoms with van der Waals surface area (Å²) in [6.45, 7) is 3.58. The van der Waals surface area contributed by atoms with Gasteiger partial charge in [-0.15, -0.1) is 0 Å². The molecule has 0 aliphatic heterocycles. The lowest BCUT2D eigenvalue weighted by atomic mass is 10.2. The van der Waals surface area contributed by atoms with Gasteiger partial charge < -0.3 is 14.8 Å². The van der Waals surface area contributed by atoms with Crippen LogP contribution in [0.4, 0.5) is 10.1 Å². The third kappa shape index (κ3) is 2.76. The molecule has 0 unspecified atom stereocenters. The third-order valence-electron chi connectivity index (χ3n) is 2.92. The van der Waals surface area contributed by atoms with Gasteiger partial charge in [0.2, 0.25) is 0 Å². The normalized spacial score (nSPS) is 10.5. The average molecular weight is 263 g/mol. The molecular formula is C14H14FNO3. The zero-order chi connectivity index (χ0) is 14.0. The van der Waals surface area contributed by atoms with Gasteiger partial charge in [0.1, 0.15) is 22.9 Å². The number of aryl methyl sites for hydroxylation is 1. The molecule has 0 radical (unpaired) electrons. The van der Waals surface area contributed by atoms with Crippen molar-refractivity contribution in [2.75, 3.05) is 5.32 Å². The van der Waals surface area contributed by atoms with Gasteiger partial charge in [-0.1, -0.05) is 6.07 Å². The summed E-state index contributed by atoms with van der Waals surface area (Å²) in [5, 5.41) is 11.9. The lowest BCUT2D eigenvalue weighted by Crippen LogP contribution is -2.01. The molecule has 2 rings (SSSR count). The topological polar surface area (TPSA) is 62.5 Å². The number of hydrogen-bond donors (Lipinski definition) is 2. The van der Waals surface area contributed by atoms with Gasteiger partial charge in [0.25, 0.3) is 0 Å². The van der Waals surface area contributed by atoms with Gasteiger partial charge in [-0.3, -0.25) is 0 Å². The number of hydrogen-bond acceptors (Lipinski definition) is 3. The number of benzene rings is 1. The van der Waals surface area contributed by atoms with Gasteiger partial charge in [0, 0.05) is 11.3 Å². The Balaban J connectivity index is 2.13. The number of carboxylic acids is 1. The molecule has 0 amide bonds. The molecule has 0 aliphatic carbocycles. The number of carbonyl (C=O) groups is 1. The zero-order valence-electron chi connectivity index (χ0n) is 10.7. The van der Waals surface area contributed by atoms with Crippen molar-refractivity contribution >= 4 is 11.7 Å². The van der Waals surface area contributed by atoms with Crippen molar-refractivity contribution in [2.24, 2.45) is 0 Å². The molecule has 0 bridgehead atoms. The number of carboxylic acid groups (broad SMARTS) is 1. The summed E-state index contributed by atoms with van der Waals surface area (Å²) in [5.74, 6) is -0.444. The molecule has 0 aliphatic rings. The van der Waals surface area contributed by atoms with E-state index in [1.165, 1.54) is 12.1 Å². The van der Waals surface area contributed by atoms with E-state index in [9.17, 15) is 9.18 Å². The lowest BCUT2D eigenvalue weighted by Gasteiger charge is -2.08. The van der Waals surface area contributed by atoms with Crippen molar-refractivity contribution in [2.45, 2.75) is 20.4 Å². The van der Waals surface area contributed by atoms with Crippen molar-refractivity contribution in [3.8, 4) is 0 Å². The molecule has 1 aromatic heterocycles. The molecule has 0 saturated heterocycles. The van der Waals surface area contributed by atoms with E-state index in [0.717, 1.165) is 0 Å². The molecule has 100 valence electrons. The quantitative estimate of drug-likeness (QED) is 0.888. The fourth-order valence-corrected chi connectivity index (χ4v) is 1.82. The number of furan rings is 1. The van der Waals surface area contributed by atoms with Crippen LogP contribution in [0.2, 0.25) is 0 Å². The van der Waals surface area contributed by atoms with Gasteiger partial charge in [0.05, 0.1) is 6.54 Å². The maximum Gasteiger partial charge on any atom is 0.339 e. The Kier molecular flexibility index (Phi) is 3.55. The molecule has 4 nitrogen and oxygen atoms in total. The van der Waals surface area contributed by atoms with Crippen LogP contribution in [0.15, 0.2) is 28.7 Å². The molecule has 0 spiro atoms. The largest absolute Gasteiger partial charge is 0.478 e. The van der Waals surface area contributed by atoms with Crippen molar-refractivity contribution in [1.29, 1.82) is 0 Å². The summed E-state index contributed by atoms with van der Waals surface area (Å²) in [6.07, 6.45) is 0. The highest BCUT2D eigenvalue weighted by molar-refractivity contribution is 5.88. The number of anilines is 1. The highest BCUT2D eigenvalue weighted by Gasteiger charge is 2.13. The smallest absolute Gasteiger partial charge is 0.339 e. The minimum absolute atomic E-state index is 0.146. The van der Waals surface area contributed by atoms with E-state index in [2.05, 4.69) is 5.32 Å². The minimum Gasteiger partial charge on any atom is -0.478 e. The molecule has 5 heteroatoms. The summed E-state index contributed by atoms with van der Waals surface area (Å²) in [5.41, 5.74) is 1.32. The van der Waals surface area contributed by atoms with Crippen molar-refractivity contribution in [3.63, 3.8) is 0 Å². The highest BCUT2D eigenvalue weighted by atomic mass is 19.1. The van der Waals surface area contributed by atoms with Crippen LogP contribution in [0, 0.1) is 19.7 Å². The first-order valence-corrected chi connectivity index (χ1v) is 5.80. The third-order valence-corrected chi connectivity index (χ3v) is 2.92. The van der Waals surface area contributed by atoms with Gasteiger partial charge in [0.15, 0.2) is 0 Å². The molecule has 2 aromatic rings. The molecule has 1 heterocycles. The number of nitrogens with one attached hydrogen (secondary N) is 1. The molecule has 0 atom stereocenters. The van der Waals surface area contributed by atoms with Crippen LogP contribution >= 0.6 is 0 Å². The molecule has 2 N–H and O–H groups in total. The number of halogens is 1. The Bertz CT molecular complexity index is 619. The molecular weight excluding hydrogens is 249 g/mol. The van der Waals surface area contributed by atoms with Crippen LogP contribution in [0.25, 0.3) is 0 Å². The first kappa shape index (κ1) is 13.1. The second kappa shape index (κ2) is 5.14. The Hall–Kier alpha value is -2.30. The first-order chi connectivity index (χ1) is 8.99. The minimum atomic E-state index is -1.02. The Morgan fingerprint density at radius 3 is 2.79 bits per heavy atom. The van der Waals surface area contributed by atoms with Crippen LogP contribution in [0.5, 0.6) is 0 Å². The Morgan fingerprint density at radius 2 is 2.16 bits per heavy atom. The van der Waals surface area contributed by atoms with Crippen molar-refractivity contribution in [3.05, 3.63) is 52.7 Å². The van der Waals surface area contributed by atoms with E-state index in [0.29, 0.717) is 29.3 Å². The van der Waals surface area contributed by atoms with E-state index in [-0.39, 0.29) is 11.4 Å². The molecule has 1 aromatic carbocycles. The fourth-order valence-electron chi connectivity index (χ4n) is 1.82. The van der Waals surface area contributed by atoms with Gasteiger partial charge in [-0.2, -0.15) is 0 Å². The van der Waals surface area contributed by atoms with Crippen LogP contribution in [-0.2, 0) is 6.54 Å². The van der Waals surface area contributed by atoms with Crippen LogP contribution < -0.4 is 5.32 Å². The van der Waals surface area contributed by atoms with Gasteiger partial charge in [-0.25, -0.2) is 9.18 Å². The van der Waals surface area contributed by atoms with Crippen molar-refractivity contribution in [1.82, 2.24) is 0 Å². The molecule has 19 heavy (non-hydrogen) atoms. The number of aromatic carboxylic acids is 1. The average Bonchev–Trinajstić information content (AvgIpc) is 2.73. The van der Waals surface area contributed by atoms with Gasteiger partial charge in [-0.05, 0) is 32.0 Å². The first-order valence-electron chi connectivity index (χ1n) is 5.80. The fraction of sp³-hybridized carbons (Fsp3) is 0.214. The van der Waals surface area contributed by atoms with Crippen LogP contribution in [0.3, 0.4) is 0 Å². The zero-order valence-corrected chi connectivity index (χ0v) is 10.7. The maximum atomic E-state index is 13.3. The lowest BCUT2D eigenvalue weighted by molar-refractivity contribution is 0.0695. The highest BCUT2D eigenvalue weighted by Crippen LogP contribution is 2.20. The van der Waals surface area contributed by atoms with Crippen molar-refractivity contribution < 1.29 is 18.7 Å². The molecule has 0 saturated carbocycles. The van der Waals surface area contributed by atoms with E-state index in [1.54, 1.807) is 26.0 Å². The predicted molar refractivity (Wildman–Crippen MR) is 68.9 cm³/mol. The SMILES string of the molecule is Cc1oc(CNc2cccc(F)c2C)cc1C(=O)O. The maximum absolute atomic E-state index is 13.3. The summed E-state index contributed by atoms with van der Waals surface area (Å²) in [4.78, 5) is 10.9. The second-order valence-electron chi connectivity index (χ2n) is 4.25. The summed E-state index contributed by atoms with van der Waals surface area (Å²) in [7, 11) is 0. The summed E-state index contributed by atoms with van der Waals surface area (Å²) in [6, 6.07) is 6.23. The van der Waals surface area contributed by atoms with E-state index in [1.807, 2.05) is 0 Å². The van der Waals surface area contributed by atoms with E-state index < -0.39 is 5.97 Å². The second-order valence-corrected chi connectivity index (χ2v) is 4.25.